The maximum absolute atomic E-state index is 11.9. The molecule has 2 N–H and O–H groups in total. The van der Waals surface area contributed by atoms with Gasteiger partial charge in [-0.25, -0.2) is 4.79 Å². The van der Waals surface area contributed by atoms with Crippen molar-refractivity contribution in [2.45, 2.75) is 6.92 Å². The molecule has 2 aromatic rings. The van der Waals surface area contributed by atoms with E-state index in [1.165, 1.54) is 30.3 Å². The number of aromatic carboxylic acids is 1. The van der Waals surface area contributed by atoms with E-state index in [2.05, 4.69) is 5.32 Å². The molecule has 0 aliphatic carbocycles. The van der Waals surface area contributed by atoms with Gasteiger partial charge in [0.1, 0.15) is 5.75 Å². The van der Waals surface area contributed by atoms with Crippen molar-refractivity contribution in [3.63, 3.8) is 0 Å². The average molecular weight is 330 g/mol. The average Bonchev–Trinajstić information content (AvgIpc) is 2.53. The van der Waals surface area contributed by atoms with Gasteiger partial charge in [0.25, 0.3) is 11.6 Å². The summed E-state index contributed by atoms with van der Waals surface area (Å²) < 4.78 is 5.32. The fourth-order valence-corrected chi connectivity index (χ4v) is 2.02. The molecular formula is C16H14N2O6. The summed E-state index contributed by atoms with van der Waals surface area (Å²) >= 11 is 0. The number of anilines is 1. The Morgan fingerprint density at radius 3 is 2.58 bits per heavy atom. The summed E-state index contributed by atoms with van der Waals surface area (Å²) in [4.78, 5) is 33.1. The lowest BCUT2D eigenvalue weighted by Gasteiger charge is -2.10. The van der Waals surface area contributed by atoms with Crippen LogP contribution in [0.15, 0.2) is 42.5 Å². The lowest BCUT2D eigenvalue weighted by Crippen LogP contribution is -2.21. The maximum atomic E-state index is 11.9. The first kappa shape index (κ1) is 16.9. The second-order valence-electron chi connectivity index (χ2n) is 4.89. The van der Waals surface area contributed by atoms with Crippen LogP contribution < -0.4 is 10.1 Å². The summed E-state index contributed by atoms with van der Waals surface area (Å²) in [5.41, 5.74) is 0.582. The fraction of sp³-hybridized carbons (Fsp3) is 0.125. The first-order valence-corrected chi connectivity index (χ1v) is 6.88. The number of hydrogen-bond donors (Lipinski definition) is 2. The highest BCUT2D eigenvalue weighted by Crippen LogP contribution is 2.23. The minimum atomic E-state index is -1.15. The minimum absolute atomic E-state index is 0.0302. The van der Waals surface area contributed by atoms with Gasteiger partial charge in [-0.15, -0.1) is 0 Å². The van der Waals surface area contributed by atoms with Crippen LogP contribution in [0.2, 0.25) is 0 Å². The van der Waals surface area contributed by atoms with Gasteiger partial charge in [-0.3, -0.25) is 14.9 Å². The third-order valence-corrected chi connectivity index (χ3v) is 3.16. The van der Waals surface area contributed by atoms with Gasteiger partial charge < -0.3 is 15.2 Å². The van der Waals surface area contributed by atoms with Crippen LogP contribution >= 0.6 is 0 Å². The van der Waals surface area contributed by atoms with E-state index in [0.29, 0.717) is 11.3 Å². The van der Waals surface area contributed by atoms with Gasteiger partial charge in [0.2, 0.25) is 0 Å². The fourth-order valence-electron chi connectivity index (χ4n) is 2.02. The normalized spacial score (nSPS) is 10.0. The Labute approximate surface area is 136 Å². The summed E-state index contributed by atoms with van der Waals surface area (Å²) in [5, 5.41) is 22.2. The highest BCUT2D eigenvalue weighted by Gasteiger charge is 2.13. The Bertz CT molecular complexity index is 803. The number of rotatable bonds is 6. The van der Waals surface area contributed by atoms with E-state index in [0.717, 1.165) is 0 Å². The van der Waals surface area contributed by atoms with Crippen LogP contribution in [0, 0.1) is 17.0 Å². The number of aryl methyl sites for hydroxylation is 1. The number of carboxylic acid groups (broad SMARTS) is 1. The molecule has 0 atom stereocenters. The number of nitrogens with zero attached hydrogens (tertiary/aromatic N) is 1. The standard InChI is InChI=1S/C16H14N2O6/c1-10-8-11(18(22)23)6-7-14(10)24-9-15(19)17-13-5-3-2-4-12(13)16(20)21/h2-8H,9H2,1H3,(H,17,19)(H,20,21). The van der Waals surface area contributed by atoms with E-state index in [1.807, 2.05) is 0 Å². The molecule has 0 aromatic heterocycles. The lowest BCUT2D eigenvalue weighted by atomic mass is 10.2. The Balaban J connectivity index is 2.02. The maximum Gasteiger partial charge on any atom is 0.337 e. The largest absolute Gasteiger partial charge is 0.483 e. The number of nitrogens with one attached hydrogen (secondary N) is 1. The zero-order valence-electron chi connectivity index (χ0n) is 12.7. The molecule has 0 fully saturated rings. The van der Waals surface area contributed by atoms with Crippen molar-refractivity contribution in [3.05, 3.63) is 63.7 Å². The van der Waals surface area contributed by atoms with Crippen molar-refractivity contribution >= 4 is 23.3 Å². The zero-order chi connectivity index (χ0) is 17.7. The van der Waals surface area contributed by atoms with E-state index >= 15 is 0 Å². The number of benzene rings is 2. The molecule has 0 aliphatic heterocycles. The number of non-ortho nitro benzene ring substituents is 1. The van der Waals surface area contributed by atoms with E-state index < -0.39 is 16.8 Å². The molecule has 8 nitrogen and oxygen atoms in total. The van der Waals surface area contributed by atoms with Gasteiger partial charge in [-0.1, -0.05) is 12.1 Å². The van der Waals surface area contributed by atoms with Crippen LogP contribution in [-0.2, 0) is 4.79 Å². The number of carbonyl (C=O) groups is 2. The molecular weight excluding hydrogens is 316 g/mol. The molecule has 0 spiro atoms. The number of amides is 1. The van der Waals surface area contributed by atoms with E-state index in [1.54, 1.807) is 19.1 Å². The van der Waals surface area contributed by atoms with Crippen molar-refractivity contribution in [1.29, 1.82) is 0 Å². The van der Waals surface area contributed by atoms with Crippen molar-refractivity contribution in [1.82, 2.24) is 0 Å². The molecule has 0 saturated heterocycles. The van der Waals surface area contributed by atoms with Crippen molar-refractivity contribution in [2.75, 3.05) is 11.9 Å². The molecule has 124 valence electrons. The van der Waals surface area contributed by atoms with Gasteiger partial charge in [0.15, 0.2) is 6.61 Å². The lowest BCUT2D eigenvalue weighted by molar-refractivity contribution is -0.384. The Hall–Kier alpha value is -3.42. The second kappa shape index (κ2) is 7.23. The van der Waals surface area contributed by atoms with Crippen molar-refractivity contribution < 1.29 is 24.4 Å². The Morgan fingerprint density at radius 1 is 1.25 bits per heavy atom. The number of carbonyl (C=O) groups excluding carboxylic acids is 1. The molecule has 8 heteroatoms. The molecule has 2 aromatic carbocycles. The molecule has 1 amide bonds. The third-order valence-electron chi connectivity index (χ3n) is 3.16. The highest BCUT2D eigenvalue weighted by atomic mass is 16.6. The summed E-state index contributed by atoms with van der Waals surface area (Å²) in [6.07, 6.45) is 0. The van der Waals surface area contributed by atoms with Gasteiger partial charge in [0, 0.05) is 12.1 Å². The number of hydrogen-bond acceptors (Lipinski definition) is 5. The molecule has 0 aliphatic rings. The third kappa shape index (κ3) is 4.07. The highest BCUT2D eigenvalue weighted by molar-refractivity contribution is 6.00. The van der Waals surface area contributed by atoms with Crippen molar-refractivity contribution in [3.8, 4) is 5.75 Å². The number of carboxylic acids is 1. The van der Waals surface area contributed by atoms with Gasteiger partial charge in [0.05, 0.1) is 16.2 Å². The topological polar surface area (TPSA) is 119 Å². The monoisotopic (exact) mass is 330 g/mol. The summed E-state index contributed by atoms with van der Waals surface area (Å²) in [5.74, 6) is -1.36. The molecule has 24 heavy (non-hydrogen) atoms. The Kier molecular flexibility index (Phi) is 5.10. The van der Waals surface area contributed by atoms with E-state index in [4.69, 9.17) is 9.84 Å². The predicted octanol–water partition coefficient (Wildman–Crippen LogP) is 2.62. The zero-order valence-corrected chi connectivity index (χ0v) is 12.7. The first-order chi connectivity index (χ1) is 11.4. The first-order valence-electron chi connectivity index (χ1n) is 6.88. The quantitative estimate of drug-likeness (QED) is 0.621. The van der Waals surface area contributed by atoms with E-state index in [9.17, 15) is 19.7 Å². The molecule has 0 bridgehead atoms. The molecule has 0 radical (unpaired) electrons. The number of para-hydroxylation sites is 1. The summed E-state index contributed by atoms with van der Waals surface area (Å²) in [7, 11) is 0. The number of nitro benzene ring substituents is 1. The number of ether oxygens (including phenoxy) is 1. The van der Waals surface area contributed by atoms with Gasteiger partial charge in [-0.2, -0.15) is 0 Å². The van der Waals surface area contributed by atoms with Crippen LogP contribution in [0.3, 0.4) is 0 Å². The molecule has 0 saturated carbocycles. The summed E-state index contributed by atoms with van der Waals surface area (Å²) in [6, 6.07) is 10.0. The van der Waals surface area contributed by atoms with Crippen LogP contribution in [0.4, 0.5) is 11.4 Å². The van der Waals surface area contributed by atoms with Crippen LogP contribution in [0.1, 0.15) is 15.9 Å². The molecule has 0 unspecified atom stereocenters. The number of nitro groups is 1. The van der Waals surface area contributed by atoms with Crippen molar-refractivity contribution in [2.24, 2.45) is 0 Å². The van der Waals surface area contributed by atoms with Gasteiger partial charge >= 0.3 is 5.97 Å². The van der Waals surface area contributed by atoms with Gasteiger partial charge in [-0.05, 0) is 30.7 Å². The smallest absolute Gasteiger partial charge is 0.337 e. The predicted molar refractivity (Wildman–Crippen MR) is 85.4 cm³/mol. The van der Waals surface area contributed by atoms with Crippen LogP contribution in [0.25, 0.3) is 0 Å². The van der Waals surface area contributed by atoms with Crippen LogP contribution in [-0.4, -0.2) is 28.5 Å². The second-order valence-corrected chi connectivity index (χ2v) is 4.89. The summed E-state index contributed by atoms with van der Waals surface area (Å²) in [6.45, 7) is 1.27. The SMILES string of the molecule is Cc1cc([N+](=O)[O-])ccc1OCC(=O)Nc1ccccc1C(=O)O. The minimum Gasteiger partial charge on any atom is -0.483 e. The van der Waals surface area contributed by atoms with E-state index in [-0.39, 0.29) is 23.5 Å². The Morgan fingerprint density at radius 2 is 1.96 bits per heavy atom. The van der Waals surface area contributed by atoms with Crippen LogP contribution in [0.5, 0.6) is 5.75 Å². The molecule has 0 heterocycles. The molecule has 2 rings (SSSR count).